The minimum atomic E-state index is 0.850. The Morgan fingerprint density at radius 1 is 1.00 bits per heavy atom. The van der Waals surface area contributed by atoms with E-state index in [9.17, 15) is 0 Å². The Labute approximate surface area is 115 Å². The molecule has 1 rings (SSSR count). The maximum absolute atomic E-state index is 3.58. The van der Waals surface area contributed by atoms with Crippen molar-refractivity contribution in [3.8, 4) is 0 Å². The zero-order valence-corrected chi connectivity index (χ0v) is 12.9. The third-order valence-electron chi connectivity index (χ3n) is 4.46. The average Bonchev–Trinajstić information content (AvgIpc) is 2.38. The second kappa shape index (κ2) is 9.80. The zero-order chi connectivity index (χ0) is 13.2. The summed E-state index contributed by atoms with van der Waals surface area (Å²) in [6.45, 7) is 8.25. The molecule has 2 nitrogen and oxygen atoms in total. The lowest BCUT2D eigenvalue weighted by molar-refractivity contribution is 0.171. The highest BCUT2D eigenvalue weighted by atomic mass is 15.1. The Hall–Kier alpha value is -0.0800. The Morgan fingerprint density at radius 2 is 1.72 bits per heavy atom. The van der Waals surface area contributed by atoms with Crippen molar-refractivity contribution in [3.63, 3.8) is 0 Å². The van der Waals surface area contributed by atoms with Crippen LogP contribution in [0.25, 0.3) is 0 Å². The molecule has 0 saturated heterocycles. The maximum atomic E-state index is 3.58. The SMILES string of the molecule is CCCCCCNCCN(C)C1CCC(C)CC1. The number of unbranched alkanes of at least 4 members (excludes halogenated alkanes) is 3. The molecule has 18 heavy (non-hydrogen) atoms. The van der Waals surface area contributed by atoms with Gasteiger partial charge in [-0.1, -0.05) is 33.1 Å². The Kier molecular flexibility index (Phi) is 8.70. The minimum absolute atomic E-state index is 0.850. The number of hydrogen-bond acceptors (Lipinski definition) is 2. The van der Waals surface area contributed by atoms with Crippen molar-refractivity contribution in [2.45, 2.75) is 71.3 Å². The van der Waals surface area contributed by atoms with Gasteiger partial charge in [-0.15, -0.1) is 0 Å². The molecule has 1 aliphatic carbocycles. The monoisotopic (exact) mass is 254 g/mol. The molecule has 1 fully saturated rings. The second-order valence-corrected chi connectivity index (χ2v) is 6.20. The molecular weight excluding hydrogens is 220 g/mol. The lowest BCUT2D eigenvalue weighted by Gasteiger charge is -2.33. The number of nitrogens with one attached hydrogen (secondary N) is 1. The molecule has 0 atom stereocenters. The quantitative estimate of drug-likeness (QED) is 0.632. The summed E-state index contributed by atoms with van der Waals surface area (Å²) in [5.41, 5.74) is 0. The van der Waals surface area contributed by atoms with Crippen LogP contribution in [-0.4, -0.2) is 37.6 Å². The van der Waals surface area contributed by atoms with Crippen LogP contribution in [0.5, 0.6) is 0 Å². The first kappa shape index (κ1) is 16.0. The minimum Gasteiger partial charge on any atom is -0.315 e. The van der Waals surface area contributed by atoms with Gasteiger partial charge in [-0.3, -0.25) is 0 Å². The summed E-state index contributed by atoms with van der Waals surface area (Å²) in [5, 5.41) is 3.58. The third-order valence-corrected chi connectivity index (χ3v) is 4.46. The van der Waals surface area contributed by atoms with Crippen LogP contribution in [-0.2, 0) is 0 Å². The van der Waals surface area contributed by atoms with Gasteiger partial charge in [0.15, 0.2) is 0 Å². The summed E-state index contributed by atoms with van der Waals surface area (Å²) in [6, 6.07) is 0.850. The predicted octanol–water partition coefficient (Wildman–Crippen LogP) is 3.67. The van der Waals surface area contributed by atoms with Gasteiger partial charge in [-0.2, -0.15) is 0 Å². The van der Waals surface area contributed by atoms with Crippen molar-refractivity contribution in [2.75, 3.05) is 26.7 Å². The first-order valence-corrected chi connectivity index (χ1v) is 8.15. The van der Waals surface area contributed by atoms with E-state index in [0.717, 1.165) is 18.5 Å². The summed E-state index contributed by atoms with van der Waals surface area (Å²) in [7, 11) is 2.30. The van der Waals surface area contributed by atoms with E-state index in [2.05, 4.69) is 31.1 Å². The van der Waals surface area contributed by atoms with Crippen LogP contribution >= 0.6 is 0 Å². The smallest absolute Gasteiger partial charge is 0.0107 e. The van der Waals surface area contributed by atoms with Gasteiger partial charge in [0.1, 0.15) is 0 Å². The molecule has 108 valence electrons. The van der Waals surface area contributed by atoms with Gasteiger partial charge in [0.25, 0.3) is 0 Å². The van der Waals surface area contributed by atoms with Crippen LogP contribution in [0.15, 0.2) is 0 Å². The fourth-order valence-corrected chi connectivity index (χ4v) is 2.92. The third kappa shape index (κ3) is 6.75. The molecule has 0 radical (unpaired) electrons. The lowest BCUT2D eigenvalue weighted by Crippen LogP contribution is -2.39. The summed E-state index contributed by atoms with van der Waals surface area (Å²) in [4.78, 5) is 2.57. The lowest BCUT2D eigenvalue weighted by atomic mass is 9.87. The Balaban J connectivity index is 1.95. The molecule has 1 N–H and O–H groups in total. The molecule has 0 bridgehead atoms. The standard InChI is InChI=1S/C16H34N2/c1-4-5-6-7-12-17-13-14-18(3)16-10-8-15(2)9-11-16/h15-17H,4-14H2,1-3H3. The van der Waals surface area contributed by atoms with Crippen molar-refractivity contribution in [3.05, 3.63) is 0 Å². The largest absolute Gasteiger partial charge is 0.315 e. The molecule has 0 aliphatic heterocycles. The number of nitrogens with zero attached hydrogens (tertiary/aromatic N) is 1. The van der Waals surface area contributed by atoms with Gasteiger partial charge in [0.05, 0.1) is 0 Å². The summed E-state index contributed by atoms with van der Waals surface area (Å²) in [6.07, 6.45) is 11.1. The molecule has 0 amide bonds. The highest BCUT2D eigenvalue weighted by Crippen LogP contribution is 2.26. The zero-order valence-electron chi connectivity index (χ0n) is 12.9. The average molecular weight is 254 g/mol. The maximum Gasteiger partial charge on any atom is 0.0107 e. The van der Waals surface area contributed by atoms with Gasteiger partial charge >= 0.3 is 0 Å². The number of likely N-dealkylation sites (N-methyl/N-ethyl adjacent to an activating group) is 1. The number of hydrogen-bond donors (Lipinski definition) is 1. The van der Waals surface area contributed by atoms with Crippen LogP contribution in [0.3, 0.4) is 0 Å². The topological polar surface area (TPSA) is 15.3 Å². The normalized spacial score (nSPS) is 24.7. The molecule has 0 heterocycles. The fourth-order valence-electron chi connectivity index (χ4n) is 2.92. The van der Waals surface area contributed by atoms with Gasteiger partial charge in [0.2, 0.25) is 0 Å². The van der Waals surface area contributed by atoms with Gasteiger partial charge < -0.3 is 10.2 Å². The molecular formula is C16H34N2. The summed E-state index contributed by atoms with van der Waals surface area (Å²) >= 11 is 0. The van der Waals surface area contributed by atoms with Crippen molar-refractivity contribution in [2.24, 2.45) is 5.92 Å². The van der Waals surface area contributed by atoms with Crippen molar-refractivity contribution in [1.82, 2.24) is 10.2 Å². The van der Waals surface area contributed by atoms with E-state index in [1.54, 1.807) is 0 Å². The van der Waals surface area contributed by atoms with E-state index < -0.39 is 0 Å². The van der Waals surface area contributed by atoms with Crippen LogP contribution in [0, 0.1) is 5.92 Å². The highest BCUT2D eigenvalue weighted by Gasteiger charge is 2.20. The molecule has 0 aromatic rings. The molecule has 0 aromatic heterocycles. The second-order valence-electron chi connectivity index (χ2n) is 6.20. The van der Waals surface area contributed by atoms with Crippen LogP contribution in [0.2, 0.25) is 0 Å². The first-order valence-electron chi connectivity index (χ1n) is 8.15. The van der Waals surface area contributed by atoms with E-state index >= 15 is 0 Å². The van der Waals surface area contributed by atoms with E-state index in [1.165, 1.54) is 64.5 Å². The molecule has 0 aromatic carbocycles. The molecule has 0 unspecified atom stereocenters. The predicted molar refractivity (Wildman–Crippen MR) is 81.1 cm³/mol. The van der Waals surface area contributed by atoms with Crippen LogP contribution in [0.1, 0.15) is 65.2 Å². The van der Waals surface area contributed by atoms with E-state index in [0.29, 0.717) is 0 Å². The summed E-state index contributed by atoms with van der Waals surface area (Å²) in [5.74, 6) is 0.964. The molecule has 2 heteroatoms. The van der Waals surface area contributed by atoms with Gasteiger partial charge in [0, 0.05) is 19.1 Å². The summed E-state index contributed by atoms with van der Waals surface area (Å²) < 4.78 is 0. The van der Waals surface area contributed by atoms with Gasteiger partial charge in [-0.05, 0) is 51.6 Å². The van der Waals surface area contributed by atoms with Crippen molar-refractivity contribution in [1.29, 1.82) is 0 Å². The molecule has 1 saturated carbocycles. The highest BCUT2D eigenvalue weighted by molar-refractivity contribution is 4.76. The van der Waals surface area contributed by atoms with Gasteiger partial charge in [-0.25, -0.2) is 0 Å². The fraction of sp³-hybridized carbons (Fsp3) is 1.00. The van der Waals surface area contributed by atoms with Crippen LogP contribution < -0.4 is 5.32 Å². The molecule has 0 spiro atoms. The van der Waals surface area contributed by atoms with Crippen molar-refractivity contribution < 1.29 is 0 Å². The Bertz CT molecular complexity index is 186. The first-order chi connectivity index (χ1) is 8.74. The number of rotatable bonds is 9. The van der Waals surface area contributed by atoms with Crippen LogP contribution in [0.4, 0.5) is 0 Å². The van der Waals surface area contributed by atoms with E-state index in [1.807, 2.05) is 0 Å². The molecule has 1 aliphatic rings. The van der Waals surface area contributed by atoms with E-state index in [-0.39, 0.29) is 0 Å². The Morgan fingerprint density at radius 3 is 2.39 bits per heavy atom. The van der Waals surface area contributed by atoms with Crippen molar-refractivity contribution >= 4 is 0 Å². The van der Waals surface area contributed by atoms with E-state index in [4.69, 9.17) is 0 Å².